The van der Waals surface area contributed by atoms with Gasteiger partial charge in [0.15, 0.2) is 6.61 Å². The first-order chi connectivity index (χ1) is 7.68. The molecule has 0 fully saturated rings. The molecule has 1 aromatic heterocycles. The van der Waals surface area contributed by atoms with Gasteiger partial charge in [0.1, 0.15) is 0 Å². The lowest BCUT2D eigenvalue weighted by molar-refractivity contribution is -0.144. The quantitative estimate of drug-likeness (QED) is 0.516. The Morgan fingerprint density at radius 3 is 2.94 bits per heavy atom. The highest BCUT2D eigenvalue weighted by atomic mass is 16.7. The van der Waals surface area contributed by atoms with Crippen LogP contribution in [-0.4, -0.2) is 45.3 Å². The number of hydrogen-bond donors (Lipinski definition) is 3. The van der Waals surface area contributed by atoms with Gasteiger partial charge >= 0.3 is 12.0 Å². The summed E-state index contributed by atoms with van der Waals surface area (Å²) < 4.78 is 1.54. The van der Waals surface area contributed by atoms with Crippen LogP contribution in [0.15, 0.2) is 12.4 Å². The molecule has 2 amide bonds. The topological polar surface area (TPSA) is 118 Å². The minimum Gasteiger partial charge on any atom is -0.479 e. The third kappa shape index (κ3) is 4.91. The zero-order valence-electron chi connectivity index (χ0n) is 8.29. The van der Waals surface area contributed by atoms with Crippen molar-refractivity contribution in [2.45, 2.75) is 6.54 Å². The molecule has 0 saturated carbocycles. The van der Waals surface area contributed by atoms with E-state index in [9.17, 15) is 9.59 Å². The third-order valence-corrected chi connectivity index (χ3v) is 1.46. The average Bonchev–Trinajstić information content (AvgIpc) is 2.70. The molecule has 9 heteroatoms. The van der Waals surface area contributed by atoms with Crippen LogP contribution in [0.4, 0.5) is 4.79 Å². The molecule has 16 heavy (non-hydrogen) atoms. The second-order valence-corrected chi connectivity index (χ2v) is 2.71. The third-order valence-electron chi connectivity index (χ3n) is 1.46. The minimum atomic E-state index is -1.16. The molecule has 0 unspecified atom stereocenters. The number of carboxylic acids is 1. The highest BCUT2D eigenvalue weighted by molar-refractivity contribution is 5.73. The number of carbonyl (C=O) groups is 2. The zero-order chi connectivity index (χ0) is 11.8. The monoisotopic (exact) mass is 229 g/mol. The van der Waals surface area contributed by atoms with Crippen LogP contribution in [0.3, 0.4) is 0 Å². The number of urea groups is 1. The van der Waals surface area contributed by atoms with Crippen molar-refractivity contribution in [1.82, 2.24) is 25.8 Å². The largest absolute Gasteiger partial charge is 0.479 e. The molecule has 88 valence electrons. The van der Waals surface area contributed by atoms with E-state index in [1.54, 1.807) is 10.9 Å². The summed E-state index contributed by atoms with van der Waals surface area (Å²) in [5.41, 5.74) is 1.92. The standard InChI is InChI=1S/C7H11N5O4/c13-6(14)5-16-10-7(15)8-1-3-12-4-2-9-11-12/h2,4H,1,3,5H2,(H,13,14)(H2,8,10,15). The van der Waals surface area contributed by atoms with Gasteiger partial charge in [-0.3, -0.25) is 9.52 Å². The molecule has 1 heterocycles. The van der Waals surface area contributed by atoms with Gasteiger partial charge < -0.3 is 10.4 Å². The lowest BCUT2D eigenvalue weighted by Gasteiger charge is -2.05. The van der Waals surface area contributed by atoms with Gasteiger partial charge in [0, 0.05) is 12.7 Å². The smallest absolute Gasteiger partial charge is 0.338 e. The number of hydroxylamine groups is 1. The first-order valence-corrected chi connectivity index (χ1v) is 4.40. The Morgan fingerprint density at radius 1 is 1.50 bits per heavy atom. The summed E-state index contributed by atoms with van der Waals surface area (Å²) in [7, 11) is 0. The van der Waals surface area contributed by atoms with E-state index >= 15 is 0 Å². The van der Waals surface area contributed by atoms with Crippen molar-refractivity contribution in [2.75, 3.05) is 13.2 Å². The van der Waals surface area contributed by atoms with Gasteiger partial charge in [-0.2, -0.15) is 0 Å². The summed E-state index contributed by atoms with van der Waals surface area (Å²) in [6.45, 7) is 0.203. The Hall–Kier alpha value is -2.16. The summed E-state index contributed by atoms with van der Waals surface area (Å²) in [4.78, 5) is 25.4. The van der Waals surface area contributed by atoms with Crippen LogP contribution in [-0.2, 0) is 16.2 Å². The summed E-state index contributed by atoms with van der Waals surface area (Å²) in [5, 5.41) is 17.9. The predicted octanol–water partition coefficient (Wildman–Crippen LogP) is -1.41. The SMILES string of the molecule is O=C(O)CONC(=O)NCCn1ccnn1. The molecule has 0 atom stereocenters. The Kier molecular flexibility index (Phi) is 4.73. The van der Waals surface area contributed by atoms with Gasteiger partial charge in [0.25, 0.3) is 0 Å². The lowest BCUT2D eigenvalue weighted by atomic mass is 10.6. The maximum atomic E-state index is 11.0. The first-order valence-electron chi connectivity index (χ1n) is 4.40. The van der Waals surface area contributed by atoms with Crippen molar-refractivity contribution in [3.8, 4) is 0 Å². The van der Waals surface area contributed by atoms with Crippen LogP contribution in [0.5, 0.6) is 0 Å². The van der Waals surface area contributed by atoms with Gasteiger partial charge in [-0.15, -0.1) is 5.10 Å². The van der Waals surface area contributed by atoms with E-state index in [1.807, 2.05) is 5.48 Å². The number of carbonyl (C=O) groups excluding carboxylic acids is 1. The molecule has 0 spiro atoms. The molecule has 0 aromatic carbocycles. The molecule has 3 N–H and O–H groups in total. The van der Waals surface area contributed by atoms with Gasteiger partial charge in [0.2, 0.25) is 0 Å². The van der Waals surface area contributed by atoms with Gasteiger partial charge in [0.05, 0.1) is 12.7 Å². The number of aromatic nitrogens is 3. The van der Waals surface area contributed by atoms with Crippen LogP contribution >= 0.6 is 0 Å². The van der Waals surface area contributed by atoms with Gasteiger partial charge in [-0.05, 0) is 0 Å². The molecular weight excluding hydrogens is 218 g/mol. The van der Waals surface area contributed by atoms with E-state index in [-0.39, 0.29) is 0 Å². The fraction of sp³-hybridized carbons (Fsp3) is 0.429. The molecule has 0 aliphatic heterocycles. The Bertz CT molecular complexity index is 339. The molecule has 9 nitrogen and oxygen atoms in total. The van der Waals surface area contributed by atoms with Crippen LogP contribution in [0.1, 0.15) is 0 Å². The number of aliphatic carboxylic acids is 1. The second-order valence-electron chi connectivity index (χ2n) is 2.71. The van der Waals surface area contributed by atoms with Crippen LogP contribution < -0.4 is 10.8 Å². The Balaban J connectivity index is 2.04. The van der Waals surface area contributed by atoms with E-state index in [0.29, 0.717) is 13.1 Å². The normalized spacial score (nSPS) is 9.75. The fourth-order valence-corrected chi connectivity index (χ4v) is 0.835. The maximum absolute atomic E-state index is 11.0. The molecular formula is C7H11N5O4. The number of carboxylic acid groups (broad SMARTS) is 1. The van der Waals surface area contributed by atoms with E-state index in [1.165, 1.54) is 6.20 Å². The first kappa shape index (κ1) is 11.9. The molecule has 1 aromatic rings. The van der Waals surface area contributed by atoms with E-state index < -0.39 is 18.6 Å². The zero-order valence-corrected chi connectivity index (χ0v) is 8.29. The van der Waals surface area contributed by atoms with Crippen molar-refractivity contribution in [1.29, 1.82) is 0 Å². The summed E-state index contributed by atoms with van der Waals surface area (Å²) >= 11 is 0. The van der Waals surface area contributed by atoms with Crippen molar-refractivity contribution in [3.63, 3.8) is 0 Å². The van der Waals surface area contributed by atoms with Crippen LogP contribution in [0, 0.1) is 0 Å². The molecule has 1 rings (SSSR count). The number of nitrogens with one attached hydrogen (secondary N) is 2. The molecule has 0 aliphatic rings. The van der Waals surface area contributed by atoms with Crippen molar-refractivity contribution < 1.29 is 19.5 Å². The van der Waals surface area contributed by atoms with Gasteiger partial charge in [-0.25, -0.2) is 15.1 Å². The van der Waals surface area contributed by atoms with E-state index in [4.69, 9.17) is 5.11 Å². The molecule has 0 radical (unpaired) electrons. The van der Waals surface area contributed by atoms with Crippen LogP contribution in [0.25, 0.3) is 0 Å². The van der Waals surface area contributed by atoms with E-state index in [2.05, 4.69) is 20.5 Å². The molecule has 0 bridgehead atoms. The Morgan fingerprint density at radius 2 is 2.31 bits per heavy atom. The minimum absolute atomic E-state index is 0.325. The van der Waals surface area contributed by atoms with Crippen molar-refractivity contribution >= 4 is 12.0 Å². The highest BCUT2D eigenvalue weighted by Crippen LogP contribution is 1.79. The van der Waals surface area contributed by atoms with Crippen LogP contribution in [0.2, 0.25) is 0 Å². The van der Waals surface area contributed by atoms with Crippen molar-refractivity contribution in [3.05, 3.63) is 12.4 Å². The van der Waals surface area contributed by atoms with E-state index in [0.717, 1.165) is 0 Å². The highest BCUT2D eigenvalue weighted by Gasteiger charge is 2.01. The predicted molar refractivity (Wildman–Crippen MR) is 50.1 cm³/mol. The fourth-order valence-electron chi connectivity index (χ4n) is 0.835. The number of nitrogens with zero attached hydrogens (tertiary/aromatic N) is 3. The van der Waals surface area contributed by atoms with Gasteiger partial charge in [-0.1, -0.05) is 5.21 Å². The lowest BCUT2D eigenvalue weighted by Crippen LogP contribution is -2.38. The molecule has 0 aliphatic carbocycles. The average molecular weight is 229 g/mol. The summed E-state index contributed by atoms with van der Waals surface area (Å²) in [6.07, 6.45) is 3.18. The van der Waals surface area contributed by atoms with Crippen molar-refractivity contribution in [2.24, 2.45) is 0 Å². The maximum Gasteiger partial charge on any atom is 0.338 e. The summed E-state index contributed by atoms with van der Waals surface area (Å²) in [6, 6.07) is -0.610. The number of rotatable bonds is 6. The second kappa shape index (κ2) is 6.35. The Labute approximate surface area is 90.3 Å². The number of hydrogen-bond acceptors (Lipinski definition) is 5. The molecule has 0 saturated heterocycles. The summed E-state index contributed by atoms with van der Waals surface area (Å²) in [5.74, 6) is -1.16. The number of amides is 2.